The van der Waals surface area contributed by atoms with Crippen LogP contribution in [0.25, 0.3) is 0 Å². The number of carbonyl (C=O) groups excluding carboxylic acids is 1. The van der Waals surface area contributed by atoms with Crippen molar-refractivity contribution in [2.24, 2.45) is 0 Å². The minimum absolute atomic E-state index is 0.0932. The van der Waals surface area contributed by atoms with Gasteiger partial charge in [0.1, 0.15) is 0 Å². The average molecular weight is 419 g/mol. The van der Waals surface area contributed by atoms with Gasteiger partial charge in [0.25, 0.3) is 0 Å². The van der Waals surface area contributed by atoms with Crippen molar-refractivity contribution in [2.75, 3.05) is 27.8 Å². The molecule has 0 saturated heterocycles. The zero-order chi connectivity index (χ0) is 22.1. The Balaban J connectivity index is 1.68. The van der Waals surface area contributed by atoms with E-state index in [0.29, 0.717) is 37.7 Å². The minimum Gasteiger partial charge on any atom is -0.493 e. The molecular formula is C26H30N2O3. The summed E-state index contributed by atoms with van der Waals surface area (Å²) in [4.78, 5) is 17.1. The van der Waals surface area contributed by atoms with Crippen molar-refractivity contribution in [3.8, 4) is 11.5 Å². The molecule has 0 saturated carbocycles. The van der Waals surface area contributed by atoms with Gasteiger partial charge in [-0.1, -0.05) is 66.7 Å². The Hall–Kier alpha value is -3.31. The molecule has 5 nitrogen and oxygen atoms in total. The lowest BCUT2D eigenvalue weighted by molar-refractivity contribution is -0.133. The summed E-state index contributed by atoms with van der Waals surface area (Å²) in [6.45, 7) is 2.13. The Morgan fingerprint density at radius 3 is 1.77 bits per heavy atom. The third-order valence-corrected chi connectivity index (χ3v) is 5.09. The molecule has 0 bridgehead atoms. The molecule has 3 rings (SSSR count). The van der Waals surface area contributed by atoms with Crippen LogP contribution in [0.1, 0.15) is 16.7 Å². The van der Waals surface area contributed by atoms with Gasteiger partial charge in [-0.3, -0.25) is 9.69 Å². The molecule has 0 aromatic heterocycles. The van der Waals surface area contributed by atoms with Crippen LogP contribution < -0.4 is 9.47 Å². The molecule has 162 valence electrons. The van der Waals surface area contributed by atoms with Crippen molar-refractivity contribution >= 4 is 5.91 Å². The van der Waals surface area contributed by atoms with E-state index in [-0.39, 0.29) is 5.91 Å². The SMILES string of the molecule is COc1ccc(CN(C)CC(=O)N(Cc2ccccc2)Cc2ccccc2)cc1OC. The minimum atomic E-state index is 0.0932. The number of benzene rings is 3. The predicted molar refractivity (Wildman–Crippen MR) is 123 cm³/mol. The Bertz CT molecular complexity index is 919. The van der Waals surface area contributed by atoms with E-state index in [1.807, 2.05) is 71.4 Å². The van der Waals surface area contributed by atoms with Gasteiger partial charge in [0, 0.05) is 19.6 Å². The molecule has 0 atom stereocenters. The molecule has 31 heavy (non-hydrogen) atoms. The molecule has 0 fully saturated rings. The highest BCUT2D eigenvalue weighted by Crippen LogP contribution is 2.28. The fraction of sp³-hybridized carbons (Fsp3) is 0.269. The summed E-state index contributed by atoms with van der Waals surface area (Å²) in [5, 5.41) is 0. The van der Waals surface area contributed by atoms with Crippen LogP contribution in [0.3, 0.4) is 0 Å². The second-order valence-corrected chi connectivity index (χ2v) is 7.58. The smallest absolute Gasteiger partial charge is 0.237 e. The van der Waals surface area contributed by atoms with Crippen LogP contribution in [0.5, 0.6) is 11.5 Å². The molecule has 3 aromatic rings. The molecule has 0 aliphatic carbocycles. The topological polar surface area (TPSA) is 42.0 Å². The first-order valence-electron chi connectivity index (χ1n) is 10.3. The highest BCUT2D eigenvalue weighted by atomic mass is 16.5. The normalized spacial score (nSPS) is 10.7. The summed E-state index contributed by atoms with van der Waals surface area (Å²) < 4.78 is 10.7. The second-order valence-electron chi connectivity index (χ2n) is 7.58. The third kappa shape index (κ3) is 6.59. The highest BCUT2D eigenvalue weighted by molar-refractivity contribution is 5.78. The van der Waals surface area contributed by atoms with Crippen molar-refractivity contribution in [1.29, 1.82) is 0 Å². The van der Waals surface area contributed by atoms with Crippen molar-refractivity contribution in [1.82, 2.24) is 9.80 Å². The first-order valence-corrected chi connectivity index (χ1v) is 10.3. The molecule has 0 N–H and O–H groups in total. The molecule has 0 heterocycles. The number of hydrogen-bond donors (Lipinski definition) is 0. The Labute approximate surface area is 184 Å². The predicted octanol–water partition coefficient (Wildman–Crippen LogP) is 4.36. The first kappa shape index (κ1) is 22.4. The van der Waals surface area contributed by atoms with Gasteiger partial charge in [0.15, 0.2) is 11.5 Å². The number of rotatable bonds is 10. The van der Waals surface area contributed by atoms with Crippen LogP contribution in [0, 0.1) is 0 Å². The summed E-state index contributed by atoms with van der Waals surface area (Å²) in [5.74, 6) is 1.48. The summed E-state index contributed by atoms with van der Waals surface area (Å²) in [6, 6.07) is 26.0. The van der Waals surface area contributed by atoms with Crippen LogP contribution in [0.15, 0.2) is 78.9 Å². The van der Waals surface area contributed by atoms with Gasteiger partial charge in [-0.05, 0) is 35.9 Å². The van der Waals surface area contributed by atoms with Gasteiger partial charge < -0.3 is 14.4 Å². The number of ether oxygens (including phenoxy) is 2. The lowest BCUT2D eigenvalue weighted by Gasteiger charge is -2.26. The van der Waals surface area contributed by atoms with Crippen LogP contribution >= 0.6 is 0 Å². The zero-order valence-corrected chi connectivity index (χ0v) is 18.5. The molecular weight excluding hydrogens is 388 g/mol. The van der Waals surface area contributed by atoms with E-state index in [9.17, 15) is 4.79 Å². The fourth-order valence-corrected chi connectivity index (χ4v) is 3.52. The van der Waals surface area contributed by atoms with Crippen LogP contribution in [0.2, 0.25) is 0 Å². The maximum atomic E-state index is 13.2. The Kier molecular flexibility index (Phi) is 8.07. The first-order chi connectivity index (χ1) is 15.1. The zero-order valence-electron chi connectivity index (χ0n) is 18.5. The van der Waals surface area contributed by atoms with Gasteiger partial charge in [-0.25, -0.2) is 0 Å². The van der Waals surface area contributed by atoms with Gasteiger partial charge >= 0.3 is 0 Å². The molecule has 3 aromatic carbocycles. The van der Waals surface area contributed by atoms with Gasteiger partial charge in [0.05, 0.1) is 20.8 Å². The van der Waals surface area contributed by atoms with Crippen LogP contribution in [-0.2, 0) is 24.4 Å². The Morgan fingerprint density at radius 2 is 1.26 bits per heavy atom. The maximum Gasteiger partial charge on any atom is 0.237 e. The number of methoxy groups -OCH3 is 2. The van der Waals surface area contributed by atoms with E-state index in [0.717, 1.165) is 16.7 Å². The van der Waals surface area contributed by atoms with Crippen molar-refractivity contribution in [3.63, 3.8) is 0 Å². The summed E-state index contributed by atoms with van der Waals surface area (Å²) in [7, 11) is 5.20. The van der Waals surface area contributed by atoms with Crippen LogP contribution in [-0.4, -0.2) is 43.5 Å². The van der Waals surface area contributed by atoms with Crippen molar-refractivity contribution in [3.05, 3.63) is 95.6 Å². The monoisotopic (exact) mass is 418 g/mol. The maximum absolute atomic E-state index is 13.2. The molecule has 0 aliphatic heterocycles. The summed E-state index contributed by atoms with van der Waals surface area (Å²) >= 11 is 0. The van der Waals surface area contributed by atoms with Crippen LogP contribution in [0.4, 0.5) is 0 Å². The molecule has 1 amide bonds. The van der Waals surface area contributed by atoms with E-state index in [1.165, 1.54) is 0 Å². The lowest BCUT2D eigenvalue weighted by atomic mass is 10.1. The van der Waals surface area contributed by atoms with E-state index >= 15 is 0 Å². The quantitative estimate of drug-likeness (QED) is 0.491. The lowest BCUT2D eigenvalue weighted by Crippen LogP contribution is -2.38. The Morgan fingerprint density at radius 1 is 0.710 bits per heavy atom. The second kappa shape index (κ2) is 11.2. The molecule has 0 aliphatic rings. The van der Waals surface area contributed by atoms with E-state index in [2.05, 4.69) is 24.3 Å². The third-order valence-electron chi connectivity index (χ3n) is 5.09. The van der Waals surface area contributed by atoms with E-state index in [1.54, 1.807) is 14.2 Å². The fourth-order valence-electron chi connectivity index (χ4n) is 3.52. The standard InChI is InChI=1S/C26H30N2O3/c1-27(17-23-14-15-24(30-2)25(16-23)31-3)20-26(29)28(18-21-10-6-4-7-11-21)19-22-12-8-5-9-13-22/h4-16H,17-20H2,1-3H3. The molecule has 0 spiro atoms. The van der Waals surface area contributed by atoms with Gasteiger partial charge in [-0.15, -0.1) is 0 Å². The summed E-state index contributed by atoms with van der Waals surface area (Å²) in [5.41, 5.74) is 3.30. The number of amides is 1. The summed E-state index contributed by atoms with van der Waals surface area (Å²) in [6.07, 6.45) is 0. The molecule has 0 radical (unpaired) electrons. The highest BCUT2D eigenvalue weighted by Gasteiger charge is 2.17. The number of hydrogen-bond acceptors (Lipinski definition) is 4. The van der Waals surface area contributed by atoms with Crippen molar-refractivity contribution in [2.45, 2.75) is 19.6 Å². The molecule has 0 unspecified atom stereocenters. The number of likely N-dealkylation sites (N-methyl/N-ethyl adjacent to an activating group) is 1. The molecule has 5 heteroatoms. The van der Waals surface area contributed by atoms with Gasteiger partial charge in [-0.2, -0.15) is 0 Å². The number of nitrogens with zero attached hydrogens (tertiary/aromatic N) is 2. The largest absolute Gasteiger partial charge is 0.493 e. The number of carbonyl (C=O) groups is 1. The van der Waals surface area contributed by atoms with Crippen molar-refractivity contribution < 1.29 is 14.3 Å². The average Bonchev–Trinajstić information content (AvgIpc) is 2.79. The van der Waals surface area contributed by atoms with Gasteiger partial charge in [0.2, 0.25) is 5.91 Å². The van der Waals surface area contributed by atoms with E-state index in [4.69, 9.17) is 9.47 Å². The van der Waals surface area contributed by atoms with E-state index < -0.39 is 0 Å².